The fraction of sp³-hybridized carbons (Fsp3) is 0.118. The van der Waals surface area contributed by atoms with Gasteiger partial charge in [0.25, 0.3) is 0 Å². The average Bonchev–Trinajstić information content (AvgIpc) is 3.96. The minimum absolute atomic E-state index is 0. The number of benzene rings is 8. The van der Waals surface area contributed by atoms with E-state index in [0.717, 1.165) is 19.3 Å². The van der Waals surface area contributed by atoms with Gasteiger partial charge in [0.1, 0.15) is 0 Å². The van der Waals surface area contributed by atoms with Crippen molar-refractivity contribution in [3.05, 3.63) is 192 Å². The molecule has 12 rings (SSSR count). The summed E-state index contributed by atoms with van der Waals surface area (Å²) in [6, 6.07) is 62.4. The van der Waals surface area contributed by atoms with Gasteiger partial charge in [-0.15, -0.1) is 0 Å². The zero-order chi connectivity index (χ0) is 42.6. The fourth-order valence-electron chi connectivity index (χ4n) is 8.71. The molecular formula is C51H43Br4NO3Te4. The third kappa shape index (κ3) is 8.43. The van der Waals surface area contributed by atoms with Crippen molar-refractivity contribution < 1.29 is 24.7 Å². The predicted molar refractivity (Wildman–Crippen MR) is 277 cm³/mol. The zero-order valence-electron chi connectivity index (χ0n) is 34.4. The van der Waals surface area contributed by atoms with Crippen LogP contribution in [0.15, 0.2) is 170 Å². The van der Waals surface area contributed by atoms with E-state index < -0.39 is 69.1 Å². The van der Waals surface area contributed by atoms with Crippen molar-refractivity contribution in [2.24, 2.45) is 0 Å². The number of halogens is 4. The van der Waals surface area contributed by atoms with Gasteiger partial charge >= 0.3 is 379 Å². The first kappa shape index (κ1) is 46.8. The maximum Gasteiger partial charge on any atom is 0.209 e. The average molecular weight is 1550 g/mol. The maximum absolute atomic E-state index is 9.43. The van der Waals surface area contributed by atoms with Crippen molar-refractivity contribution in [2.45, 2.75) is 25.7 Å². The number of rotatable bonds is 5. The van der Waals surface area contributed by atoms with Crippen molar-refractivity contribution in [3.63, 3.8) is 0 Å². The Hall–Kier alpha value is -1.25. The van der Waals surface area contributed by atoms with E-state index in [2.05, 4.69) is 208 Å². The molecule has 63 heavy (non-hydrogen) atoms. The smallest absolute Gasteiger partial charge is 0.209 e. The molecule has 2 aliphatic carbocycles. The minimum Gasteiger partial charge on any atom is -1.00 e. The van der Waals surface area contributed by atoms with Crippen LogP contribution in [-0.4, -0.2) is 94.5 Å². The normalized spacial score (nSPS) is 21.1. The van der Waals surface area contributed by atoms with Gasteiger partial charge in [0.15, 0.2) is 0 Å². The Balaban J connectivity index is 0.000000143. The third-order valence-electron chi connectivity index (χ3n) is 11.5. The van der Waals surface area contributed by atoms with E-state index in [0.29, 0.717) is 0 Å². The standard InChI is InChI=1S/C24H18Br2OTe2.C24H18BrOTe2.C3H7NO.BrH/c25-28(19-7-3-1-4-8-19)21-15-13-17-11-12-18-14-16-22(24(21)23(17)18)29(26,27-28)20-9-5-2-6-10-20;25-28(20-9-5-2-6-10-20)22-16-14-18-12-11-17-13-15-21(24(22)23(17)18)27(26-28)19-7-3-1-4-8-19;1-4(2)3-5;/h1-10,13-16H,11-12H2;1-10,13-16H,11-12H2;3H,1-2H3;1H/q;+1;;/p-1. The summed E-state index contributed by atoms with van der Waals surface area (Å²) in [7, 11) is 3.38. The van der Waals surface area contributed by atoms with Crippen molar-refractivity contribution in [1.29, 1.82) is 0 Å². The largest absolute Gasteiger partial charge is 1.00 e. The number of hydrogen-bond acceptors (Lipinski definition) is 3. The maximum atomic E-state index is 9.43. The van der Waals surface area contributed by atoms with Gasteiger partial charge in [-0.05, 0) is 0 Å². The van der Waals surface area contributed by atoms with Gasteiger partial charge in [-0.1, -0.05) is 0 Å². The Morgan fingerprint density at radius 1 is 0.476 bits per heavy atom. The summed E-state index contributed by atoms with van der Waals surface area (Å²) in [6.45, 7) is 0. The number of nitrogens with zero attached hydrogens (tertiary/aromatic N) is 1. The van der Waals surface area contributed by atoms with Crippen LogP contribution in [0.2, 0.25) is 0 Å². The summed E-state index contributed by atoms with van der Waals surface area (Å²) in [5, 5.41) is 6.04. The van der Waals surface area contributed by atoms with Gasteiger partial charge in [-0.3, -0.25) is 4.79 Å². The van der Waals surface area contributed by atoms with Crippen molar-refractivity contribution in [2.75, 3.05) is 14.1 Å². The molecule has 0 spiro atoms. The molecule has 0 radical (unpaired) electrons. The molecule has 12 heteroatoms. The Kier molecular flexibility index (Phi) is 14.4. The molecule has 2 heterocycles. The van der Waals surface area contributed by atoms with Crippen LogP contribution in [0.25, 0.3) is 21.5 Å². The zero-order valence-corrected chi connectivity index (χ0v) is 50.1. The summed E-state index contributed by atoms with van der Waals surface area (Å²) in [4.78, 5) is 10.9. The van der Waals surface area contributed by atoms with Crippen LogP contribution in [0.1, 0.15) is 22.3 Å². The second-order valence-corrected chi connectivity index (χ2v) is 60.2. The van der Waals surface area contributed by atoms with Crippen molar-refractivity contribution >= 4 is 164 Å². The number of aryl methyl sites for hydroxylation is 4. The fourth-order valence-corrected chi connectivity index (χ4v) is 85.1. The van der Waals surface area contributed by atoms with Gasteiger partial charge in [0.2, 0.25) is 6.41 Å². The van der Waals surface area contributed by atoms with E-state index in [-0.39, 0.29) is 17.0 Å². The van der Waals surface area contributed by atoms with Crippen molar-refractivity contribution in [1.82, 2.24) is 4.90 Å². The molecule has 0 aromatic heterocycles. The third-order valence-corrected chi connectivity index (χ3v) is 75.4. The molecule has 4 nitrogen and oxygen atoms in total. The first-order valence-corrected chi connectivity index (χ1v) is 49.2. The van der Waals surface area contributed by atoms with E-state index in [1.54, 1.807) is 14.1 Å². The van der Waals surface area contributed by atoms with Crippen LogP contribution in [0.4, 0.5) is 0 Å². The Morgan fingerprint density at radius 2 is 0.825 bits per heavy atom. The first-order valence-electron chi connectivity index (χ1n) is 20.4. The second kappa shape index (κ2) is 19.4. The SMILES string of the molecule is Br[Te@@]1(c2ccccc2)O[Te+](c2ccccc2)c2ccc3c4c(ccc1c24)CC3.Br[Te@@]1(c2ccccc2)O[Te@](Br)(c2ccccc2)c2ccc3c4c(ccc1c24)CC3.CN(C)C=O.[Br-]. The minimum atomic E-state index is -3.24. The molecule has 0 saturated heterocycles. The molecule has 0 unspecified atom stereocenters. The molecule has 0 bridgehead atoms. The monoisotopic (exact) mass is 1550 g/mol. The number of carbonyl (C=O) groups excluding carboxylic acids is 1. The molecule has 2 aliphatic heterocycles. The summed E-state index contributed by atoms with van der Waals surface area (Å²) in [5.74, 6) is 0. The molecule has 1 amide bonds. The summed E-state index contributed by atoms with van der Waals surface area (Å²) < 4.78 is 25.8. The topological polar surface area (TPSA) is 38.8 Å². The molecule has 0 N–H and O–H groups in total. The van der Waals surface area contributed by atoms with Gasteiger partial charge in [0, 0.05) is 14.1 Å². The molecule has 8 aromatic carbocycles. The number of hydrogen-bond donors (Lipinski definition) is 0. The quantitative estimate of drug-likeness (QED) is 0.196. The first-order chi connectivity index (χ1) is 30.1. The Morgan fingerprint density at radius 3 is 1.24 bits per heavy atom. The molecular weight excluding hydrogens is 1500 g/mol. The molecule has 0 fully saturated rings. The molecule has 3 atom stereocenters. The Bertz CT molecular complexity index is 2880. The summed E-state index contributed by atoms with van der Waals surface area (Å²) >= 11 is 1.10. The molecule has 322 valence electrons. The van der Waals surface area contributed by atoms with E-state index in [9.17, 15) is 4.79 Å². The van der Waals surface area contributed by atoms with Crippen LogP contribution in [0.3, 0.4) is 0 Å². The van der Waals surface area contributed by atoms with E-state index >= 15 is 0 Å². The summed E-state index contributed by atoms with van der Waals surface area (Å²) in [5.41, 5.74) is 6.04. The van der Waals surface area contributed by atoms with Crippen LogP contribution in [0.5, 0.6) is 0 Å². The van der Waals surface area contributed by atoms with Crippen LogP contribution >= 0.6 is 38.3 Å². The van der Waals surface area contributed by atoms with E-state index in [1.165, 1.54) is 90.4 Å². The van der Waals surface area contributed by atoms with E-state index in [4.69, 9.17) is 2.93 Å². The molecule has 8 aromatic rings. The van der Waals surface area contributed by atoms with Crippen molar-refractivity contribution in [3.8, 4) is 0 Å². The van der Waals surface area contributed by atoms with Gasteiger partial charge in [-0.2, -0.15) is 0 Å². The number of carbonyl (C=O) groups is 1. The number of amides is 1. The van der Waals surface area contributed by atoms with E-state index in [1.807, 2.05) is 0 Å². The van der Waals surface area contributed by atoms with Crippen LogP contribution in [0, 0.1) is 0 Å². The Labute approximate surface area is 419 Å². The van der Waals surface area contributed by atoms with Gasteiger partial charge in [0.05, 0.1) is 0 Å². The van der Waals surface area contributed by atoms with Gasteiger partial charge in [-0.25, -0.2) is 0 Å². The molecule has 0 saturated carbocycles. The van der Waals surface area contributed by atoms with Gasteiger partial charge < -0.3 is 21.9 Å². The molecule has 4 aliphatic rings. The summed E-state index contributed by atoms with van der Waals surface area (Å²) in [6.07, 6.45) is 5.40. The second-order valence-electron chi connectivity index (χ2n) is 15.6. The predicted octanol–water partition coefficient (Wildman–Crippen LogP) is 3.61. The van der Waals surface area contributed by atoms with Crippen LogP contribution < -0.4 is 45.9 Å². The van der Waals surface area contributed by atoms with Crippen LogP contribution in [-0.2, 0) is 33.4 Å².